The first kappa shape index (κ1) is 4.34. The molecule has 23 heavy (non-hydrogen) atoms. The van der Waals surface area contributed by atoms with Gasteiger partial charge in [-0.3, -0.25) is 4.79 Å². The monoisotopic (exact) mass is 336 g/mol. The second-order valence-electron chi connectivity index (χ2n) is 5.60. The van der Waals surface area contributed by atoms with E-state index in [-0.39, 0.29) is 0 Å². The first-order chi connectivity index (χ1) is 19.0. The summed E-state index contributed by atoms with van der Waals surface area (Å²) in [6, 6.07) is -9.77. The summed E-state index contributed by atoms with van der Waals surface area (Å²) < 4.78 is 180. The van der Waals surface area contributed by atoms with Gasteiger partial charge in [0.25, 0.3) is 0 Å². The zero-order chi connectivity index (χ0) is 34.9. The van der Waals surface area contributed by atoms with Crippen LogP contribution in [0.15, 0.2) is 0 Å². The van der Waals surface area contributed by atoms with E-state index in [4.69, 9.17) is 34.5 Å². The summed E-state index contributed by atoms with van der Waals surface area (Å²) in [5, 5.41) is 21.5. The van der Waals surface area contributed by atoms with Crippen molar-refractivity contribution >= 4 is 5.91 Å². The van der Waals surface area contributed by atoms with Gasteiger partial charge in [0.2, 0.25) is 5.91 Å². The van der Waals surface area contributed by atoms with Crippen molar-refractivity contribution in [3.63, 3.8) is 0 Å². The number of nitrogens with zero attached hydrogens (tertiary/aromatic N) is 2. The maximum Gasteiger partial charge on any atom is 0.241 e. The van der Waals surface area contributed by atoms with Crippen molar-refractivity contribution in [1.29, 1.82) is 5.26 Å². The Balaban J connectivity index is 1.93. The van der Waals surface area contributed by atoms with Gasteiger partial charge < -0.3 is 15.7 Å². The zero-order valence-electron chi connectivity index (χ0n) is 32.4. The molecule has 6 aliphatic rings. The molecule has 0 aromatic rings. The maximum atomic E-state index is 14.3. The number of nitriles is 1. The third-order valence-electron chi connectivity index (χ3n) is 4.05. The minimum absolute atomic E-state index is 0.548. The largest absolute Gasteiger partial charge is 0.390 e. The summed E-state index contributed by atoms with van der Waals surface area (Å²) in [7, 11) is 0. The van der Waals surface area contributed by atoms with E-state index >= 15 is 0 Å². The fraction of sp³-hybridized carbons (Fsp3) is 0.889. The van der Waals surface area contributed by atoms with Crippen LogP contribution in [0.2, 0.25) is 0 Å². The van der Waals surface area contributed by atoms with Crippen LogP contribution in [-0.4, -0.2) is 39.6 Å². The van der Waals surface area contributed by atoms with Gasteiger partial charge in [-0.2, -0.15) is 5.26 Å². The third kappa shape index (κ3) is 1.88. The number of aliphatic hydroxyl groups is 1. The quantitative estimate of drug-likeness (QED) is 0.792. The molecule has 1 heterocycles. The number of hydrogen-bond acceptors (Lipinski definition) is 4. The molecule has 5 saturated carbocycles. The molecule has 1 aliphatic heterocycles. The van der Waals surface area contributed by atoms with E-state index in [1.807, 2.05) is 0 Å². The zero-order valence-corrected chi connectivity index (χ0v) is 11.4. The Morgan fingerprint density at radius 3 is 2.70 bits per heavy atom. The van der Waals surface area contributed by atoms with Gasteiger partial charge in [0.1, 0.15) is 6.02 Å². The summed E-state index contributed by atoms with van der Waals surface area (Å²) in [4.78, 5) is 13.7. The summed E-state index contributed by atoms with van der Waals surface area (Å²) in [5.41, 5.74) is -2.90. The van der Waals surface area contributed by atoms with Crippen molar-refractivity contribution in [2.75, 3.05) is 0 Å². The van der Waals surface area contributed by atoms with Crippen LogP contribution in [0.25, 0.3) is 0 Å². The van der Waals surface area contributed by atoms with Crippen molar-refractivity contribution in [3.05, 3.63) is 0 Å². The van der Waals surface area contributed by atoms with Crippen LogP contribution >= 0.6 is 0 Å². The summed E-state index contributed by atoms with van der Waals surface area (Å²) >= 11 is 0. The van der Waals surface area contributed by atoms with Gasteiger partial charge in [0, 0.05) is 32.1 Å². The molecule has 2 unspecified atom stereocenters. The number of hydrogen-bond donors (Lipinski definition) is 2. The molecule has 0 aromatic carbocycles. The van der Waals surface area contributed by atoms with Crippen molar-refractivity contribution < 1.29 is 38.7 Å². The number of piperidine rings is 1. The second-order valence-corrected chi connectivity index (χ2v) is 5.60. The van der Waals surface area contributed by atoms with Crippen LogP contribution in [0.4, 0.5) is 0 Å². The minimum atomic E-state index is -4.55. The molecule has 0 spiro atoms. The number of amides is 1. The van der Waals surface area contributed by atoms with Crippen LogP contribution in [0.3, 0.4) is 0 Å². The predicted octanol–water partition coefficient (Wildman–Crippen LogP) is 1.16. The Bertz CT molecular complexity index is 1360. The van der Waals surface area contributed by atoms with Crippen molar-refractivity contribution in [2.24, 2.45) is 28.8 Å². The van der Waals surface area contributed by atoms with Crippen LogP contribution < -0.4 is 5.73 Å². The smallest absolute Gasteiger partial charge is 0.241 e. The molecule has 124 valence electrons. The lowest BCUT2D eigenvalue weighted by Crippen LogP contribution is -2.64. The van der Waals surface area contributed by atoms with Crippen LogP contribution in [-0.2, 0) is 4.79 Å². The summed E-state index contributed by atoms with van der Waals surface area (Å²) in [5.74, 6) is -14.5. The third-order valence-corrected chi connectivity index (χ3v) is 4.05. The van der Waals surface area contributed by atoms with Gasteiger partial charge in [-0.25, -0.2) is 0 Å². The van der Waals surface area contributed by atoms with Gasteiger partial charge in [-0.1, -0.05) is 0 Å². The molecule has 5 aliphatic carbocycles. The Morgan fingerprint density at radius 2 is 2.04 bits per heavy atom. The molecule has 6 rings (SSSR count). The number of rotatable bonds is 2. The van der Waals surface area contributed by atoms with E-state index in [0.29, 0.717) is 0 Å². The predicted molar refractivity (Wildman–Crippen MR) is 82.8 cm³/mol. The van der Waals surface area contributed by atoms with Gasteiger partial charge in [0.05, 0.1) is 20.5 Å². The number of carbonyl (C=O) groups is 1. The lowest BCUT2D eigenvalue weighted by molar-refractivity contribution is -0.177. The van der Waals surface area contributed by atoms with Crippen LogP contribution in [0, 0.1) is 34.4 Å². The van der Waals surface area contributed by atoms with Gasteiger partial charge >= 0.3 is 0 Å². The molecule has 1 amide bonds. The molecule has 6 fully saturated rings. The van der Waals surface area contributed by atoms with E-state index in [0.717, 1.165) is 6.07 Å². The number of fused-ring (bicyclic) bond motifs is 1. The molecule has 0 aromatic heterocycles. The minimum Gasteiger partial charge on any atom is -0.390 e. The molecular formula is C18H25N3O2. The normalized spacial score (nSPS) is 101. The Hall–Kier alpha value is -1.12. The lowest BCUT2D eigenvalue weighted by atomic mass is 9.46. The highest BCUT2D eigenvalue weighted by molar-refractivity contribution is 5.84. The number of carbonyl (C=O) groups excluding carboxylic acids is 1. The van der Waals surface area contributed by atoms with Gasteiger partial charge in [-0.05, 0) is 74.1 Å². The molecular weight excluding hydrogens is 290 g/mol. The lowest BCUT2D eigenvalue weighted by Gasteiger charge is -2.61. The van der Waals surface area contributed by atoms with Crippen molar-refractivity contribution in [1.82, 2.24) is 4.90 Å². The molecule has 4 bridgehead atoms. The highest BCUT2D eigenvalue weighted by atomic mass is 16.3. The highest BCUT2D eigenvalue weighted by Gasteiger charge is 2.62. The fourth-order valence-electron chi connectivity index (χ4n) is 3.03. The van der Waals surface area contributed by atoms with E-state index < -0.39 is 109 Å². The SMILES string of the molecule is [2H]C1([2H])C2([2H])C([2H])([2H])C3(O)C([2H])([2H])C1([2H])C([2H])([2H])C([C@H](N)C(=O)N1[C@]([2H])(C#N)C([2H])([2H])[C@]4([2H])C([2H])([2H])[C@]14[2H])(C2([2H])[2H])C3([2H])[2H]. The summed E-state index contributed by atoms with van der Waals surface area (Å²) in [6.07, 6.45) is -33.7. The molecule has 5 nitrogen and oxygen atoms in total. The Morgan fingerprint density at radius 1 is 1.35 bits per heavy atom. The molecule has 5 heteroatoms. The molecule has 0 radical (unpaired) electrons. The molecule has 6 atom stereocenters. The number of likely N-dealkylation sites (tertiary alicyclic amines) is 1. The van der Waals surface area contributed by atoms with E-state index in [1.165, 1.54) is 0 Å². The molecule has 3 N–H and O–H groups in total. The standard InChI is InChI=1S/C18H25N3O2/c19-8-13-2-12-3-14(12)21(13)16(22)15(20)17-4-10-1-11(5-17)7-18(23,6-10)9-17/h10-15,23H,1-7,9,20H2/t10?,11?,12-,13+,14+,15-,17?,18?/m1/s1/i1D2,2D2,3D2,4D2,5D2,6D2,7D2,9D2,10D,11D,12D,13D,14D. The van der Waals surface area contributed by atoms with E-state index in [1.54, 1.807) is 0 Å². The molecule has 1 saturated heterocycles. The van der Waals surface area contributed by atoms with Gasteiger partial charge in [-0.15, -0.1) is 0 Å². The van der Waals surface area contributed by atoms with Crippen LogP contribution in [0.5, 0.6) is 0 Å². The average molecular weight is 337 g/mol. The van der Waals surface area contributed by atoms with Crippen LogP contribution in [0.1, 0.15) is 79.8 Å². The highest BCUT2D eigenvalue weighted by Crippen LogP contribution is 2.63. The van der Waals surface area contributed by atoms with Crippen molar-refractivity contribution in [3.8, 4) is 6.07 Å². The Kier molecular flexibility index (Phi) is 0.809. The average Bonchev–Trinajstić information content (AvgIpc) is 3.17. The maximum absolute atomic E-state index is 14.3. The van der Waals surface area contributed by atoms with Crippen molar-refractivity contribution in [2.45, 2.75) is 74.7 Å². The topological polar surface area (TPSA) is 90.3 Å². The summed E-state index contributed by atoms with van der Waals surface area (Å²) in [6.45, 7) is 0. The second kappa shape index (κ2) is 4.29. The fourth-order valence-corrected chi connectivity index (χ4v) is 3.03. The van der Waals surface area contributed by atoms with E-state index in [9.17, 15) is 15.2 Å². The number of nitrogens with two attached hydrogens (primary N) is 1. The first-order valence-electron chi connectivity index (χ1n) is 17.2. The Labute approximate surface area is 166 Å². The first-order valence-corrected chi connectivity index (χ1v) is 6.73. The van der Waals surface area contributed by atoms with Gasteiger partial charge in [0.15, 0.2) is 0 Å². The van der Waals surface area contributed by atoms with E-state index in [2.05, 4.69) is 0 Å².